The molecule has 0 heterocycles. The molecule has 10 heteroatoms. The average molecular weight is 585 g/mol. The van der Waals surface area contributed by atoms with Crippen LogP contribution in [0.2, 0.25) is 0 Å². The van der Waals surface area contributed by atoms with E-state index in [0.29, 0.717) is 18.4 Å². The fourth-order valence-corrected chi connectivity index (χ4v) is 4.21. The molecule has 228 valence electrons. The summed E-state index contributed by atoms with van der Waals surface area (Å²) in [5.41, 5.74) is -0.972. The molecule has 1 unspecified atom stereocenters. The molecule has 0 saturated heterocycles. The van der Waals surface area contributed by atoms with E-state index >= 15 is 0 Å². The molecule has 0 aliphatic carbocycles. The number of phenolic OH excluding ortho intramolecular Hbond substituents is 2. The van der Waals surface area contributed by atoms with Crippen molar-refractivity contribution >= 4 is 29.5 Å². The predicted molar refractivity (Wildman–Crippen MR) is 154 cm³/mol. The summed E-state index contributed by atoms with van der Waals surface area (Å²) in [5.74, 6) is -8.08. The molecule has 0 aliphatic heterocycles. The highest BCUT2D eigenvalue weighted by atomic mass is 16.6. The third kappa shape index (κ3) is 9.15. The first kappa shape index (κ1) is 34.0. The van der Waals surface area contributed by atoms with Crippen LogP contribution in [0.5, 0.6) is 23.0 Å². The van der Waals surface area contributed by atoms with E-state index in [1.165, 1.54) is 18.2 Å². The number of carbonyl (C=O) groups is 5. The number of ketones is 2. The lowest BCUT2D eigenvalue weighted by atomic mass is 9.85. The Morgan fingerprint density at radius 3 is 1.93 bits per heavy atom. The molecule has 0 spiro atoms. The number of rotatable bonds is 15. The molecule has 0 amide bonds. The van der Waals surface area contributed by atoms with Gasteiger partial charge < -0.3 is 24.8 Å². The molecule has 0 aliphatic rings. The van der Waals surface area contributed by atoms with Gasteiger partial charge >= 0.3 is 17.9 Å². The van der Waals surface area contributed by atoms with Gasteiger partial charge in [0.25, 0.3) is 0 Å². The number of esters is 2. The van der Waals surface area contributed by atoms with E-state index in [4.69, 9.17) is 14.6 Å². The lowest BCUT2D eigenvalue weighted by Crippen LogP contribution is -2.32. The van der Waals surface area contributed by atoms with Crippen LogP contribution >= 0.6 is 0 Å². The summed E-state index contributed by atoms with van der Waals surface area (Å²) >= 11 is 0. The van der Waals surface area contributed by atoms with Gasteiger partial charge in [0.15, 0.2) is 29.0 Å². The van der Waals surface area contributed by atoms with E-state index in [1.54, 1.807) is 27.7 Å². The summed E-state index contributed by atoms with van der Waals surface area (Å²) in [4.78, 5) is 63.5. The summed E-state index contributed by atoms with van der Waals surface area (Å²) in [6, 6.07) is 5.83. The number of carboxylic acid groups (broad SMARTS) is 1. The van der Waals surface area contributed by atoms with Crippen molar-refractivity contribution in [1.29, 1.82) is 0 Å². The molecule has 42 heavy (non-hydrogen) atoms. The Morgan fingerprint density at radius 2 is 1.38 bits per heavy atom. The Morgan fingerprint density at radius 1 is 0.786 bits per heavy atom. The van der Waals surface area contributed by atoms with E-state index in [1.807, 2.05) is 0 Å². The van der Waals surface area contributed by atoms with Crippen LogP contribution < -0.4 is 9.47 Å². The van der Waals surface area contributed by atoms with E-state index in [2.05, 4.69) is 6.92 Å². The minimum atomic E-state index is -1.50. The number of aromatic carboxylic acids is 1. The SMILES string of the molecule is CCCCCCCC(=O)c1ccc(OC(=O)C(CCC)C(=O)Oc2c(O)cc(C(=O)O)cc2O)c(C(=O)C(C)(C)C)c1. The molecule has 0 fully saturated rings. The maximum absolute atomic E-state index is 13.3. The number of ether oxygens (including phenoxy) is 2. The third-order valence-corrected chi connectivity index (χ3v) is 6.59. The topological polar surface area (TPSA) is 164 Å². The first-order chi connectivity index (χ1) is 19.7. The second kappa shape index (κ2) is 15.1. The standard InChI is InChI=1S/C32H40O10/c1-6-8-9-10-11-13-23(33)19-14-15-26(22(16-19)28(36)32(3,4)5)41-30(39)21(12-7-2)31(40)42-27-24(34)17-20(29(37)38)18-25(27)35/h14-18,21,34-35H,6-13H2,1-5H3,(H,37,38). The third-order valence-electron chi connectivity index (χ3n) is 6.59. The molecule has 0 bridgehead atoms. The van der Waals surface area contributed by atoms with Crippen molar-refractivity contribution in [3.8, 4) is 23.0 Å². The van der Waals surface area contributed by atoms with E-state index in [9.17, 15) is 34.2 Å². The van der Waals surface area contributed by atoms with Crippen molar-refractivity contribution in [2.75, 3.05) is 0 Å². The van der Waals surface area contributed by atoms with Gasteiger partial charge in [-0.2, -0.15) is 0 Å². The molecular formula is C32H40O10. The van der Waals surface area contributed by atoms with Gasteiger partial charge in [0, 0.05) is 17.4 Å². The first-order valence-electron chi connectivity index (χ1n) is 14.2. The second-order valence-electron chi connectivity index (χ2n) is 11.2. The largest absolute Gasteiger partial charge is 0.504 e. The summed E-state index contributed by atoms with van der Waals surface area (Å²) in [6.07, 6.45) is 5.54. The second-order valence-corrected chi connectivity index (χ2v) is 11.2. The Hall–Kier alpha value is -4.21. The Balaban J connectivity index is 2.33. The van der Waals surface area contributed by atoms with Crippen molar-refractivity contribution in [1.82, 2.24) is 0 Å². The van der Waals surface area contributed by atoms with Gasteiger partial charge in [0.05, 0.1) is 11.1 Å². The highest BCUT2D eigenvalue weighted by Gasteiger charge is 2.34. The number of hydrogen-bond acceptors (Lipinski definition) is 9. The number of benzene rings is 2. The number of aromatic hydroxyl groups is 2. The predicted octanol–water partition coefficient (Wildman–Crippen LogP) is 6.50. The Bertz CT molecular complexity index is 1300. The molecule has 0 aromatic heterocycles. The van der Waals surface area contributed by atoms with Crippen LogP contribution in [-0.4, -0.2) is 44.8 Å². The maximum Gasteiger partial charge on any atom is 0.335 e. The summed E-state index contributed by atoms with van der Waals surface area (Å²) in [5, 5.41) is 29.3. The monoisotopic (exact) mass is 584 g/mol. The van der Waals surface area contributed by atoms with Crippen LogP contribution in [0.4, 0.5) is 0 Å². The summed E-state index contributed by atoms with van der Waals surface area (Å²) in [6.45, 7) is 8.89. The first-order valence-corrected chi connectivity index (χ1v) is 14.2. The quantitative estimate of drug-likeness (QED) is 0.0692. The van der Waals surface area contributed by atoms with E-state index in [-0.39, 0.29) is 29.3 Å². The van der Waals surface area contributed by atoms with Crippen LogP contribution in [0.3, 0.4) is 0 Å². The van der Waals surface area contributed by atoms with Crippen LogP contribution in [0, 0.1) is 11.3 Å². The summed E-state index contributed by atoms with van der Waals surface area (Å²) in [7, 11) is 0. The molecule has 0 saturated carbocycles. The van der Waals surface area contributed by atoms with E-state index in [0.717, 1.165) is 44.2 Å². The summed E-state index contributed by atoms with van der Waals surface area (Å²) < 4.78 is 10.6. The fraction of sp³-hybridized carbons (Fsp3) is 0.469. The Labute approximate surface area is 245 Å². The minimum Gasteiger partial charge on any atom is -0.504 e. The highest BCUT2D eigenvalue weighted by molar-refractivity contribution is 6.06. The fourth-order valence-electron chi connectivity index (χ4n) is 4.21. The zero-order chi connectivity index (χ0) is 31.6. The van der Waals surface area contributed by atoms with Gasteiger partial charge in [0.2, 0.25) is 5.75 Å². The molecule has 2 aromatic carbocycles. The minimum absolute atomic E-state index is 0.0239. The zero-order valence-corrected chi connectivity index (χ0v) is 24.8. The molecule has 0 radical (unpaired) electrons. The number of hydrogen-bond donors (Lipinski definition) is 3. The van der Waals surface area contributed by atoms with Gasteiger partial charge in [0.1, 0.15) is 5.75 Å². The van der Waals surface area contributed by atoms with Gasteiger partial charge in [-0.15, -0.1) is 0 Å². The van der Waals surface area contributed by atoms with Gasteiger partial charge in [-0.3, -0.25) is 19.2 Å². The van der Waals surface area contributed by atoms with Crippen molar-refractivity contribution in [2.45, 2.75) is 86.0 Å². The van der Waals surface area contributed by atoms with E-state index < -0.39 is 52.1 Å². The average Bonchev–Trinajstić information content (AvgIpc) is 2.92. The van der Waals surface area contributed by atoms with Crippen LogP contribution in [0.1, 0.15) is 117 Å². The number of unbranched alkanes of at least 4 members (excludes halogenated alkanes) is 4. The lowest BCUT2D eigenvalue weighted by molar-refractivity contribution is -0.151. The van der Waals surface area contributed by atoms with Gasteiger partial charge in [-0.05, 0) is 43.2 Å². The number of carboxylic acids is 1. The molecule has 10 nitrogen and oxygen atoms in total. The lowest BCUT2D eigenvalue weighted by Gasteiger charge is -2.21. The zero-order valence-electron chi connectivity index (χ0n) is 24.8. The highest BCUT2D eigenvalue weighted by Crippen LogP contribution is 2.38. The van der Waals surface area contributed by atoms with Crippen molar-refractivity contribution < 1.29 is 48.8 Å². The van der Waals surface area contributed by atoms with Crippen LogP contribution in [-0.2, 0) is 9.59 Å². The van der Waals surface area contributed by atoms with Crippen molar-refractivity contribution in [3.05, 3.63) is 47.0 Å². The smallest absolute Gasteiger partial charge is 0.335 e. The van der Waals surface area contributed by atoms with Crippen LogP contribution in [0.15, 0.2) is 30.3 Å². The van der Waals surface area contributed by atoms with Gasteiger partial charge in [-0.1, -0.05) is 66.7 Å². The van der Waals surface area contributed by atoms with Crippen LogP contribution in [0.25, 0.3) is 0 Å². The molecule has 2 aromatic rings. The van der Waals surface area contributed by atoms with Crippen molar-refractivity contribution in [2.24, 2.45) is 11.3 Å². The molecule has 2 rings (SSSR count). The maximum atomic E-state index is 13.3. The Kier molecular flexibility index (Phi) is 12.3. The number of phenols is 2. The molecule has 1 atom stereocenters. The number of Topliss-reactive ketones (excluding diaryl/α,β-unsaturated/α-hetero) is 2. The molecular weight excluding hydrogens is 544 g/mol. The van der Waals surface area contributed by atoms with Gasteiger partial charge in [-0.25, -0.2) is 4.79 Å². The van der Waals surface area contributed by atoms with Crippen molar-refractivity contribution in [3.63, 3.8) is 0 Å². The molecule has 3 N–H and O–H groups in total. The normalized spacial score (nSPS) is 11.9. The number of carbonyl (C=O) groups excluding carboxylic acids is 4.